The molecule has 1 aliphatic heterocycles. The number of carbonyl (C=O) groups is 2. The minimum Gasteiger partial charge on any atom is -0.398 e. The van der Waals surface area contributed by atoms with Gasteiger partial charge in [-0.1, -0.05) is 17.7 Å². The summed E-state index contributed by atoms with van der Waals surface area (Å²) in [5.74, 6) is -0.363. The second-order valence-electron chi connectivity index (χ2n) is 3.76. The van der Waals surface area contributed by atoms with E-state index >= 15 is 0 Å². The van der Waals surface area contributed by atoms with Crippen LogP contribution in [-0.4, -0.2) is 29.0 Å². The van der Waals surface area contributed by atoms with Gasteiger partial charge in [0.2, 0.25) is 11.8 Å². The standard InChI is InChI=1S/C11H11ClN2O2S/c1-14-9(15)5-8(11(14)16)17-10-6(12)3-2-4-7(10)13/h2-4,8H,5,13H2,1H3. The van der Waals surface area contributed by atoms with Crippen molar-refractivity contribution in [3.63, 3.8) is 0 Å². The van der Waals surface area contributed by atoms with E-state index < -0.39 is 5.25 Å². The van der Waals surface area contributed by atoms with Gasteiger partial charge in [0, 0.05) is 24.1 Å². The normalized spacial score (nSPS) is 20.1. The van der Waals surface area contributed by atoms with Crippen molar-refractivity contribution in [1.29, 1.82) is 0 Å². The molecule has 0 radical (unpaired) electrons. The minimum atomic E-state index is -0.422. The molecule has 2 rings (SSSR count). The highest BCUT2D eigenvalue weighted by Crippen LogP contribution is 2.38. The van der Waals surface area contributed by atoms with Crippen LogP contribution in [-0.2, 0) is 9.59 Å². The number of hydrogen-bond donors (Lipinski definition) is 1. The third-order valence-corrected chi connectivity index (χ3v) is 4.37. The van der Waals surface area contributed by atoms with Crippen LogP contribution in [0.25, 0.3) is 0 Å². The maximum Gasteiger partial charge on any atom is 0.242 e. The van der Waals surface area contributed by atoms with Crippen LogP contribution in [0.15, 0.2) is 23.1 Å². The fourth-order valence-electron chi connectivity index (χ4n) is 1.61. The highest BCUT2D eigenvalue weighted by Gasteiger charge is 2.37. The van der Waals surface area contributed by atoms with Gasteiger partial charge >= 0.3 is 0 Å². The van der Waals surface area contributed by atoms with Gasteiger partial charge < -0.3 is 5.73 Å². The van der Waals surface area contributed by atoms with Crippen LogP contribution in [0.1, 0.15) is 6.42 Å². The molecule has 1 unspecified atom stereocenters. The van der Waals surface area contributed by atoms with E-state index in [0.717, 1.165) is 4.90 Å². The quantitative estimate of drug-likeness (QED) is 0.657. The predicted octanol–water partition coefficient (Wildman–Crippen LogP) is 1.77. The summed E-state index contributed by atoms with van der Waals surface area (Å²) in [6, 6.07) is 5.18. The molecule has 0 aliphatic carbocycles. The number of halogens is 1. The van der Waals surface area contributed by atoms with Crippen molar-refractivity contribution in [3.05, 3.63) is 23.2 Å². The first-order chi connectivity index (χ1) is 8.00. The lowest BCUT2D eigenvalue weighted by molar-refractivity contribution is -0.136. The summed E-state index contributed by atoms with van der Waals surface area (Å²) in [7, 11) is 1.49. The van der Waals surface area contributed by atoms with Crippen LogP contribution in [0.2, 0.25) is 5.02 Å². The van der Waals surface area contributed by atoms with E-state index in [2.05, 4.69) is 0 Å². The predicted molar refractivity (Wildman–Crippen MR) is 67.9 cm³/mol. The molecule has 17 heavy (non-hydrogen) atoms. The van der Waals surface area contributed by atoms with Crippen LogP contribution in [0.4, 0.5) is 5.69 Å². The van der Waals surface area contributed by atoms with Gasteiger partial charge in [0.15, 0.2) is 0 Å². The van der Waals surface area contributed by atoms with Crippen LogP contribution < -0.4 is 5.73 Å². The zero-order valence-electron chi connectivity index (χ0n) is 9.14. The van der Waals surface area contributed by atoms with Gasteiger partial charge in [0.1, 0.15) is 0 Å². The molecule has 1 aliphatic rings. The SMILES string of the molecule is CN1C(=O)CC(Sc2c(N)cccc2Cl)C1=O. The van der Waals surface area contributed by atoms with Crippen LogP contribution >= 0.6 is 23.4 Å². The van der Waals surface area contributed by atoms with E-state index in [4.69, 9.17) is 17.3 Å². The maximum absolute atomic E-state index is 11.7. The van der Waals surface area contributed by atoms with Crippen molar-refractivity contribution in [2.24, 2.45) is 0 Å². The van der Waals surface area contributed by atoms with E-state index in [1.165, 1.54) is 18.8 Å². The molecule has 90 valence electrons. The summed E-state index contributed by atoms with van der Waals surface area (Å²) >= 11 is 7.27. The number of imide groups is 1. The summed E-state index contributed by atoms with van der Waals surface area (Å²) in [4.78, 5) is 24.9. The molecular weight excluding hydrogens is 260 g/mol. The molecule has 1 heterocycles. The Morgan fingerprint density at radius 1 is 1.47 bits per heavy atom. The molecule has 1 fully saturated rings. The Morgan fingerprint density at radius 2 is 2.18 bits per heavy atom. The largest absolute Gasteiger partial charge is 0.398 e. The summed E-state index contributed by atoms with van der Waals surface area (Å²) < 4.78 is 0. The fraction of sp³-hybridized carbons (Fsp3) is 0.273. The molecule has 1 atom stereocenters. The van der Waals surface area contributed by atoms with Crippen molar-refractivity contribution in [3.8, 4) is 0 Å². The monoisotopic (exact) mass is 270 g/mol. The summed E-state index contributed by atoms with van der Waals surface area (Å²) in [6.45, 7) is 0. The van der Waals surface area contributed by atoms with Gasteiger partial charge in [-0.05, 0) is 12.1 Å². The minimum absolute atomic E-state index is 0.168. The third-order valence-electron chi connectivity index (χ3n) is 2.60. The van der Waals surface area contributed by atoms with Gasteiger partial charge in [-0.15, -0.1) is 11.8 Å². The summed E-state index contributed by atoms with van der Waals surface area (Å²) in [5, 5.41) is 0.0829. The maximum atomic E-state index is 11.7. The molecule has 6 heteroatoms. The average molecular weight is 271 g/mol. The van der Waals surface area contributed by atoms with E-state index in [9.17, 15) is 9.59 Å². The second-order valence-corrected chi connectivity index (χ2v) is 5.38. The number of anilines is 1. The molecule has 2 amide bonds. The zero-order chi connectivity index (χ0) is 12.6. The smallest absolute Gasteiger partial charge is 0.242 e. The first-order valence-corrected chi connectivity index (χ1v) is 6.27. The number of amides is 2. The number of hydrogen-bond acceptors (Lipinski definition) is 4. The van der Waals surface area contributed by atoms with Crippen molar-refractivity contribution < 1.29 is 9.59 Å². The Kier molecular flexibility index (Phi) is 3.31. The summed E-state index contributed by atoms with van der Waals surface area (Å²) in [6.07, 6.45) is 0.199. The summed E-state index contributed by atoms with van der Waals surface area (Å²) in [5.41, 5.74) is 6.32. The van der Waals surface area contributed by atoms with E-state index in [-0.39, 0.29) is 18.2 Å². The molecule has 0 saturated carbocycles. The Labute approximate surface area is 108 Å². The Morgan fingerprint density at radius 3 is 2.71 bits per heavy atom. The van der Waals surface area contributed by atoms with Gasteiger partial charge in [0.25, 0.3) is 0 Å². The molecule has 2 N–H and O–H groups in total. The molecule has 1 aromatic carbocycles. The molecule has 4 nitrogen and oxygen atoms in total. The van der Waals surface area contributed by atoms with Gasteiger partial charge in [-0.3, -0.25) is 14.5 Å². The number of carbonyl (C=O) groups excluding carboxylic acids is 2. The zero-order valence-corrected chi connectivity index (χ0v) is 10.7. The van der Waals surface area contributed by atoms with E-state index in [1.807, 2.05) is 0 Å². The number of thioether (sulfide) groups is 1. The van der Waals surface area contributed by atoms with Crippen molar-refractivity contribution in [2.45, 2.75) is 16.6 Å². The lowest BCUT2D eigenvalue weighted by Gasteiger charge is -2.11. The number of nitrogens with zero attached hydrogens (tertiary/aromatic N) is 1. The molecule has 0 bridgehead atoms. The Hall–Kier alpha value is -1.20. The molecule has 0 spiro atoms. The molecule has 1 aromatic rings. The van der Waals surface area contributed by atoms with Crippen LogP contribution in [0, 0.1) is 0 Å². The topological polar surface area (TPSA) is 63.4 Å². The number of benzene rings is 1. The lowest BCUT2D eigenvalue weighted by atomic mass is 10.3. The fourth-order valence-corrected chi connectivity index (χ4v) is 3.08. The van der Waals surface area contributed by atoms with Crippen LogP contribution in [0.3, 0.4) is 0 Å². The molecule has 0 aromatic heterocycles. The van der Waals surface area contributed by atoms with Gasteiger partial charge in [0.05, 0.1) is 10.3 Å². The Bertz CT molecular complexity index is 472. The van der Waals surface area contributed by atoms with Crippen molar-refractivity contribution in [2.75, 3.05) is 12.8 Å². The van der Waals surface area contributed by atoms with Crippen molar-refractivity contribution >= 4 is 40.9 Å². The molecule has 1 saturated heterocycles. The van der Waals surface area contributed by atoms with Gasteiger partial charge in [-0.2, -0.15) is 0 Å². The number of nitrogens with two attached hydrogens (primary N) is 1. The van der Waals surface area contributed by atoms with Crippen molar-refractivity contribution in [1.82, 2.24) is 4.90 Å². The molecular formula is C11H11ClN2O2S. The van der Waals surface area contributed by atoms with E-state index in [0.29, 0.717) is 15.6 Å². The van der Waals surface area contributed by atoms with E-state index in [1.54, 1.807) is 18.2 Å². The van der Waals surface area contributed by atoms with Crippen LogP contribution in [0.5, 0.6) is 0 Å². The number of nitrogen functional groups attached to an aromatic ring is 1. The first kappa shape index (κ1) is 12.3. The van der Waals surface area contributed by atoms with Gasteiger partial charge in [-0.25, -0.2) is 0 Å². The number of rotatable bonds is 2. The first-order valence-electron chi connectivity index (χ1n) is 5.01. The third kappa shape index (κ3) is 2.25. The Balaban J connectivity index is 2.23. The highest BCUT2D eigenvalue weighted by atomic mass is 35.5. The highest BCUT2D eigenvalue weighted by molar-refractivity contribution is 8.01. The lowest BCUT2D eigenvalue weighted by Crippen LogP contribution is -2.26. The average Bonchev–Trinajstić information content (AvgIpc) is 2.52. The second kappa shape index (κ2) is 4.58. The number of likely N-dealkylation sites (tertiary alicyclic amines) is 1.